The van der Waals surface area contributed by atoms with Crippen LogP contribution in [0.1, 0.15) is 29.7 Å². The number of aromatic nitrogens is 2. The Bertz CT molecular complexity index is 1430. The van der Waals surface area contributed by atoms with Crippen molar-refractivity contribution in [2.24, 2.45) is 0 Å². The molecule has 37 heavy (non-hydrogen) atoms. The topological polar surface area (TPSA) is 84.9 Å². The van der Waals surface area contributed by atoms with Gasteiger partial charge in [-0.1, -0.05) is 30.3 Å². The summed E-state index contributed by atoms with van der Waals surface area (Å²) in [6.07, 6.45) is 2.11. The second kappa shape index (κ2) is 9.64. The van der Waals surface area contributed by atoms with Crippen LogP contribution in [0.2, 0.25) is 0 Å². The lowest BCUT2D eigenvalue weighted by atomic mass is 10.0. The molecule has 1 fully saturated rings. The van der Waals surface area contributed by atoms with Gasteiger partial charge in [0, 0.05) is 29.2 Å². The van der Waals surface area contributed by atoms with Gasteiger partial charge in [0.2, 0.25) is 5.88 Å². The molecule has 5 rings (SSSR count). The molecule has 12 heteroatoms. The average Bonchev–Trinajstić information content (AvgIpc) is 3.25. The summed E-state index contributed by atoms with van der Waals surface area (Å²) in [6.45, 7) is 3.78. The number of likely N-dealkylation sites (N-methyl/N-ethyl adjacent to an activating group) is 1. The highest BCUT2D eigenvalue weighted by atomic mass is 32.2. The van der Waals surface area contributed by atoms with Crippen molar-refractivity contribution in [2.75, 3.05) is 31.6 Å². The molecule has 2 aromatic carbocycles. The van der Waals surface area contributed by atoms with Crippen LogP contribution in [0.3, 0.4) is 0 Å². The van der Waals surface area contributed by atoms with Crippen molar-refractivity contribution in [1.82, 2.24) is 14.9 Å². The summed E-state index contributed by atoms with van der Waals surface area (Å²) < 4.78 is 73.3. The van der Waals surface area contributed by atoms with Gasteiger partial charge in [-0.05, 0) is 56.8 Å². The Morgan fingerprint density at radius 3 is 2.65 bits per heavy atom. The molecule has 2 aliphatic rings. The molecule has 0 radical (unpaired) electrons. The van der Waals surface area contributed by atoms with Gasteiger partial charge in [0.05, 0.1) is 12.2 Å². The van der Waals surface area contributed by atoms with Crippen LogP contribution >= 0.6 is 0 Å². The highest BCUT2D eigenvalue weighted by molar-refractivity contribution is 7.87. The van der Waals surface area contributed by atoms with E-state index in [0.29, 0.717) is 12.2 Å². The van der Waals surface area contributed by atoms with Crippen molar-refractivity contribution in [3.63, 3.8) is 0 Å². The van der Waals surface area contributed by atoms with Gasteiger partial charge < -0.3 is 18.7 Å². The number of fused-ring (bicyclic) bond motifs is 2. The molecular formula is C25H27F3N4O4S. The quantitative estimate of drug-likeness (QED) is 0.342. The lowest BCUT2D eigenvalue weighted by molar-refractivity contribution is -0.0502. The van der Waals surface area contributed by atoms with E-state index in [1.807, 2.05) is 44.3 Å². The first-order valence-corrected chi connectivity index (χ1v) is 13.4. The normalized spacial score (nSPS) is 18.7. The number of benzene rings is 2. The minimum Gasteiger partial charge on any atom is -0.462 e. The fraction of sp³-hybridized carbons (Fsp3) is 0.440. The van der Waals surface area contributed by atoms with E-state index in [4.69, 9.17) is 4.74 Å². The Morgan fingerprint density at radius 2 is 1.92 bits per heavy atom. The van der Waals surface area contributed by atoms with Crippen LogP contribution < -0.4 is 13.8 Å². The maximum Gasteiger partial charge on any atom is 0.534 e. The van der Waals surface area contributed by atoms with Gasteiger partial charge in [-0.15, -0.1) is 0 Å². The van der Waals surface area contributed by atoms with Crippen molar-refractivity contribution in [2.45, 2.75) is 44.3 Å². The molecular weight excluding hydrogens is 509 g/mol. The van der Waals surface area contributed by atoms with Gasteiger partial charge in [0.15, 0.2) is 0 Å². The number of hydrogen-bond donors (Lipinski definition) is 0. The first-order valence-electron chi connectivity index (χ1n) is 12.0. The van der Waals surface area contributed by atoms with Crippen LogP contribution in [0, 0.1) is 6.92 Å². The molecule has 3 aromatic rings. The zero-order chi connectivity index (χ0) is 26.4. The summed E-state index contributed by atoms with van der Waals surface area (Å²) in [5.41, 5.74) is -2.97. The van der Waals surface area contributed by atoms with Gasteiger partial charge in [-0.25, -0.2) is 0 Å². The van der Waals surface area contributed by atoms with E-state index in [2.05, 4.69) is 30.0 Å². The Labute approximate surface area is 213 Å². The molecule has 0 saturated carbocycles. The number of ether oxygens (including phenoxy) is 1. The third-order valence-corrected chi connectivity index (χ3v) is 7.82. The molecule has 3 heterocycles. The molecule has 0 spiro atoms. The molecule has 1 atom stereocenters. The summed E-state index contributed by atoms with van der Waals surface area (Å²) in [5.74, 6) is -0.633. The van der Waals surface area contributed by atoms with Crippen molar-refractivity contribution in [3.05, 3.63) is 53.2 Å². The van der Waals surface area contributed by atoms with E-state index >= 15 is 0 Å². The summed E-state index contributed by atoms with van der Waals surface area (Å²) in [5, 5.41) is 2.10. The van der Waals surface area contributed by atoms with Crippen LogP contribution in [0.15, 0.2) is 36.4 Å². The Balaban J connectivity index is 1.51. The summed E-state index contributed by atoms with van der Waals surface area (Å²) in [7, 11) is -3.95. The van der Waals surface area contributed by atoms with Gasteiger partial charge in [-0.2, -0.15) is 31.6 Å². The predicted molar refractivity (Wildman–Crippen MR) is 132 cm³/mol. The largest absolute Gasteiger partial charge is 0.534 e. The first kappa shape index (κ1) is 25.5. The summed E-state index contributed by atoms with van der Waals surface area (Å²) in [4.78, 5) is 12.6. The molecule has 0 aliphatic carbocycles. The zero-order valence-electron chi connectivity index (χ0n) is 20.5. The van der Waals surface area contributed by atoms with Crippen molar-refractivity contribution >= 4 is 26.6 Å². The van der Waals surface area contributed by atoms with Gasteiger partial charge in [-0.3, -0.25) is 0 Å². The van der Waals surface area contributed by atoms with Gasteiger partial charge in [0.25, 0.3) is 0 Å². The number of alkyl halides is 3. The van der Waals surface area contributed by atoms with E-state index in [9.17, 15) is 21.6 Å². The van der Waals surface area contributed by atoms with E-state index in [1.54, 1.807) is 0 Å². The van der Waals surface area contributed by atoms with Gasteiger partial charge >= 0.3 is 21.6 Å². The second-order valence-electron chi connectivity index (χ2n) is 9.48. The van der Waals surface area contributed by atoms with E-state index in [-0.39, 0.29) is 37.2 Å². The fourth-order valence-electron chi connectivity index (χ4n) is 4.92. The molecule has 2 aliphatic heterocycles. The third kappa shape index (κ3) is 5.17. The Hall–Kier alpha value is -3.12. The van der Waals surface area contributed by atoms with Crippen LogP contribution in [0.5, 0.6) is 11.9 Å². The average molecular weight is 537 g/mol. The molecule has 1 saturated heterocycles. The van der Waals surface area contributed by atoms with Crippen LogP contribution in [0.25, 0.3) is 10.8 Å². The highest BCUT2D eigenvalue weighted by Gasteiger charge is 2.49. The molecule has 0 N–H and O–H groups in total. The number of aryl methyl sites for hydroxylation is 1. The summed E-state index contributed by atoms with van der Waals surface area (Å²) >= 11 is 0. The van der Waals surface area contributed by atoms with E-state index < -0.39 is 21.5 Å². The number of halogens is 3. The first-order chi connectivity index (χ1) is 17.5. The van der Waals surface area contributed by atoms with E-state index in [1.165, 1.54) is 0 Å². The zero-order valence-corrected chi connectivity index (χ0v) is 21.3. The minimum absolute atomic E-state index is 0.109. The van der Waals surface area contributed by atoms with E-state index in [0.717, 1.165) is 41.4 Å². The highest BCUT2D eigenvalue weighted by Crippen LogP contribution is 2.36. The number of likely N-dealkylation sites (tertiary alicyclic amines) is 1. The van der Waals surface area contributed by atoms with Crippen LogP contribution in [-0.2, 0) is 23.1 Å². The number of rotatable bonds is 6. The maximum atomic E-state index is 13.1. The second-order valence-corrected chi connectivity index (χ2v) is 11.0. The summed E-state index contributed by atoms with van der Waals surface area (Å²) in [6, 6.07) is 12.0. The minimum atomic E-state index is -5.91. The standard InChI is InChI=1S/C25H27F3N4O4S/c1-16-12-17-6-3-4-8-19(17)22(13-16)32-11-9-20-21(14-32)29-24(35-15-18-7-5-10-31(18)2)30-23(20)36-37(33,34)25(26,27)28/h3-4,6,8,12-13,18H,5,7,9-11,14-15H2,1-2H3/t18-/m0/s1. The van der Waals surface area contributed by atoms with Crippen LogP contribution in [-0.4, -0.2) is 61.6 Å². The van der Waals surface area contributed by atoms with Crippen LogP contribution in [0.4, 0.5) is 18.9 Å². The SMILES string of the molecule is Cc1cc(N2CCc3c(nc(OC[C@@H]4CCCN4C)nc3OS(=O)(=O)C(F)(F)F)C2)c2ccccc2c1. The maximum absolute atomic E-state index is 13.1. The van der Waals surface area contributed by atoms with Gasteiger partial charge in [0.1, 0.15) is 6.61 Å². The number of nitrogens with zero attached hydrogens (tertiary/aromatic N) is 4. The molecule has 1 aromatic heterocycles. The Kier molecular flexibility index (Phi) is 6.65. The number of anilines is 1. The monoisotopic (exact) mass is 536 g/mol. The molecule has 198 valence electrons. The molecule has 0 amide bonds. The third-order valence-electron chi connectivity index (χ3n) is 6.88. The molecule has 8 nitrogen and oxygen atoms in total. The van der Waals surface area contributed by atoms with Crippen molar-refractivity contribution in [1.29, 1.82) is 0 Å². The lowest BCUT2D eigenvalue weighted by Crippen LogP contribution is -2.34. The smallest absolute Gasteiger partial charge is 0.462 e. The van der Waals surface area contributed by atoms with Crippen molar-refractivity contribution in [3.8, 4) is 11.9 Å². The lowest BCUT2D eigenvalue weighted by Gasteiger charge is -2.32. The molecule has 0 bridgehead atoms. The predicted octanol–water partition coefficient (Wildman–Crippen LogP) is 4.20. The Morgan fingerprint density at radius 1 is 1.14 bits per heavy atom. The number of hydrogen-bond acceptors (Lipinski definition) is 8. The molecule has 0 unspecified atom stereocenters. The van der Waals surface area contributed by atoms with Crippen molar-refractivity contribution < 1.29 is 30.5 Å². The fourth-order valence-corrected chi connectivity index (χ4v) is 5.36.